The SMILES string of the molecule is c1ccc2c(c1)-c1ccccc1C21c2ccccc2-c2cc(-c3ccc(-c4ccc5ccccc5c4)cc3)c(N(c3ccc4ccccc4c3)c3ccc4c5ccccc5c5ccccc5c4c3)cc21. The van der Waals surface area contributed by atoms with Crippen LogP contribution in [0.15, 0.2) is 261 Å². The first kappa shape index (κ1) is 39.0. The van der Waals surface area contributed by atoms with Crippen LogP contribution in [0.2, 0.25) is 0 Å². The van der Waals surface area contributed by atoms with Crippen LogP contribution in [0.25, 0.3) is 98.4 Å². The van der Waals surface area contributed by atoms with Gasteiger partial charge in [-0.2, -0.15) is 0 Å². The van der Waals surface area contributed by atoms with E-state index in [4.69, 9.17) is 0 Å². The van der Waals surface area contributed by atoms with Crippen molar-refractivity contribution in [3.63, 3.8) is 0 Å². The van der Waals surface area contributed by atoms with Gasteiger partial charge in [-0.1, -0.05) is 218 Å². The molecule has 0 N–H and O–H groups in total. The summed E-state index contributed by atoms with van der Waals surface area (Å²) in [6.07, 6.45) is 0. The maximum Gasteiger partial charge on any atom is 0.0726 e. The van der Waals surface area contributed by atoms with E-state index in [1.807, 2.05) is 0 Å². The van der Waals surface area contributed by atoms with Crippen molar-refractivity contribution in [2.75, 3.05) is 4.90 Å². The number of nitrogens with zero attached hydrogens (tertiary/aromatic N) is 1. The predicted octanol–water partition coefficient (Wildman–Crippen LogP) is 18.6. The lowest BCUT2D eigenvalue weighted by Crippen LogP contribution is -2.26. The number of hydrogen-bond acceptors (Lipinski definition) is 1. The first-order valence-corrected chi connectivity index (χ1v) is 24.4. The van der Waals surface area contributed by atoms with Crippen molar-refractivity contribution >= 4 is 70.9 Å². The van der Waals surface area contributed by atoms with Crippen LogP contribution in [-0.4, -0.2) is 0 Å². The molecule has 0 radical (unpaired) electrons. The number of rotatable bonds is 5. The molecule has 0 amide bonds. The zero-order chi connectivity index (χ0) is 45.9. The summed E-state index contributed by atoms with van der Waals surface area (Å²) in [6, 6.07) is 97.9. The number of hydrogen-bond donors (Lipinski definition) is 0. The molecule has 1 spiro atoms. The third-order valence-electron chi connectivity index (χ3n) is 15.6. The molecule has 1 heteroatoms. The Morgan fingerprint density at radius 3 is 1.27 bits per heavy atom. The van der Waals surface area contributed by atoms with Crippen molar-refractivity contribution in [2.45, 2.75) is 5.41 Å². The van der Waals surface area contributed by atoms with Gasteiger partial charge in [-0.25, -0.2) is 0 Å². The quantitative estimate of drug-likeness (QED) is 0.156. The lowest BCUT2D eigenvalue weighted by atomic mass is 9.70. The van der Waals surface area contributed by atoms with E-state index in [-0.39, 0.29) is 0 Å². The first-order valence-electron chi connectivity index (χ1n) is 24.4. The minimum absolute atomic E-state index is 0.514. The Hall–Kier alpha value is -9.04. The molecule has 0 bridgehead atoms. The Labute approximate surface area is 406 Å². The van der Waals surface area contributed by atoms with Crippen LogP contribution in [0, 0.1) is 0 Å². The van der Waals surface area contributed by atoms with Crippen LogP contribution >= 0.6 is 0 Å². The Morgan fingerprint density at radius 1 is 0.229 bits per heavy atom. The summed E-state index contributed by atoms with van der Waals surface area (Å²) < 4.78 is 0. The molecule has 0 aliphatic heterocycles. The molecule has 2 aliphatic rings. The molecule has 0 saturated carbocycles. The van der Waals surface area contributed by atoms with Crippen molar-refractivity contribution in [1.29, 1.82) is 0 Å². The minimum atomic E-state index is -0.514. The highest BCUT2D eigenvalue weighted by atomic mass is 15.1. The van der Waals surface area contributed by atoms with E-state index in [0.29, 0.717) is 0 Å². The second-order valence-corrected chi connectivity index (χ2v) is 19.1. The number of benzene rings is 13. The zero-order valence-corrected chi connectivity index (χ0v) is 38.3. The fraction of sp³-hybridized carbons (Fsp3) is 0.0145. The maximum absolute atomic E-state index is 2.57. The highest BCUT2D eigenvalue weighted by molar-refractivity contribution is 6.26. The normalized spacial score (nSPS) is 13.0. The molecular weight excluding hydrogens is 843 g/mol. The second kappa shape index (κ2) is 15.0. The maximum atomic E-state index is 2.57. The van der Waals surface area contributed by atoms with Gasteiger partial charge >= 0.3 is 0 Å². The van der Waals surface area contributed by atoms with Gasteiger partial charge in [0.15, 0.2) is 0 Å². The third-order valence-corrected chi connectivity index (χ3v) is 15.6. The van der Waals surface area contributed by atoms with Crippen LogP contribution in [0.4, 0.5) is 17.1 Å². The van der Waals surface area contributed by atoms with E-state index in [9.17, 15) is 0 Å². The fourth-order valence-corrected chi connectivity index (χ4v) is 12.5. The molecule has 13 aromatic carbocycles. The van der Waals surface area contributed by atoms with Gasteiger partial charge in [0.1, 0.15) is 0 Å². The van der Waals surface area contributed by atoms with E-state index in [1.165, 1.54) is 115 Å². The summed E-state index contributed by atoms with van der Waals surface area (Å²) in [7, 11) is 0. The monoisotopic (exact) mass is 885 g/mol. The van der Waals surface area contributed by atoms with Crippen LogP contribution in [-0.2, 0) is 5.41 Å². The molecule has 15 rings (SSSR count). The van der Waals surface area contributed by atoms with Crippen LogP contribution in [0.5, 0.6) is 0 Å². The molecule has 70 heavy (non-hydrogen) atoms. The van der Waals surface area contributed by atoms with Gasteiger partial charge in [-0.3, -0.25) is 0 Å². The van der Waals surface area contributed by atoms with Gasteiger partial charge in [0, 0.05) is 16.9 Å². The van der Waals surface area contributed by atoms with Crippen LogP contribution in [0.1, 0.15) is 22.3 Å². The highest BCUT2D eigenvalue weighted by Gasteiger charge is 2.52. The minimum Gasteiger partial charge on any atom is -0.310 e. The molecule has 324 valence electrons. The summed E-state index contributed by atoms with van der Waals surface area (Å²) in [5, 5.41) is 12.5. The zero-order valence-electron chi connectivity index (χ0n) is 38.3. The first-order chi connectivity index (χ1) is 34.7. The third kappa shape index (κ3) is 5.55. The Balaban J connectivity index is 1.05. The van der Waals surface area contributed by atoms with E-state index in [2.05, 4.69) is 266 Å². The average molecular weight is 886 g/mol. The van der Waals surface area contributed by atoms with Crippen molar-refractivity contribution in [1.82, 2.24) is 0 Å². The van der Waals surface area contributed by atoms with Gasteiger partial charge in [0.2, 0.25) is 0 Å². The Bertz CT molecular complexity index is 4230. The second-order valence-electron chi connectivity index (χ2n) is 19.1. The van der Waals surface area contributed by atoms with Gasteiger partial charge in [0.05, 0.1) is 11.1 Å². The topological polar surface area (TPSA) is 3.24 Å². The van der Waals surface area contributed by atoms with Crippen molar-refractivity contribution in [3.8, 4) is 44.5 Å². The number of anilines is 3. The predicted molar refractivity (Wildman–Crippen MR) is 296 cm³/mol. The van der Waals surface area contributed by atoms with E-state index in [1.54, 1.807) is 0 Å². The molecule has 0 heterocycles. The summed E-state index contributed by atoms with van der Waals surface area (Å²) in [4.78, 5) is 2.55. The van der Waals surface area contributed by atoms with Crippen LogP contribution in [0.3, 0.4) is 0 Å². The van der Waals surface area contributed by atoms with Gasteiger partial charge in [-0.15, -0.1) is 0 Å². The highest BCUT2D eigenvalue weighted by Crippen LogP contribution is 2.64. The Morgan fingerprint density at radius 2 is 0.657 bits per heavy atom. The van der Waals surface area contributed by atoms with Crippen molar-refractivity contribution in [2.24, 2.45) is 0 Å². The van der Waals surface area contributed by atoms with Gasteiger partial charge in [-0.05, 0) is 158 Å². The lowest BCUT2D eigenvalue weighted by Gasteiger charge is -2.33. The molecule has 2 aliphatic carbocycles. The molecule has 0 aromatic heterocycles. The summed E-state index contributed by atoms with van der Waals surface area (Å²) in [6.45, 7) is 0. The molecule has 0 atom stereocenters. The molecular formula is C69H43N. The van der Waals surface area contributed by atoms with Gasteiger partial charge in [0.25, 0.3) is 0 Å². The van der Waals surface area contributed by atoms with Gasteiger partial charge < -0.3 is 4.90 Å². The Kier molecular flexibility index (Phi) is 8.35. The molecule has 0 saturated heterocycles. The largest absolute Gasteiger partial charge is 0.310 e. The van der Waals surface area contributed by atoms with E-state index in [0.717, 1.165) is 22.6 Å². The summed E-state index contributed by atoms with van der Waals surface area (Å²) >= 11 is 0. The summed E-state index contributed by atoms with van der Waals surface area (Å²) in [5.41, 5.74) is 18.0. The van der Waals surface area contributed by atoms with Crippen molar-refractivity contribution < 1.29 is 0 Å². The standard InChI is InChI=1S/C69H43N/c1-3-17-48-39-50(34-31-44(48)15-1)46-29-32-47(33-30-46)61-42-63-60-25-11-14-28-66(60)69(64-26-12-9-23-58(64)59-24-10-13-27-65(59)69)67(63)43-68(61)70(51-36-35-45-16-2-4-18-49(45)40-51)52-37-38-57-55-21-6-5-19-53(55)54-20-7-8-22-56(54)62(57)41-52/h1-43H. The fourth-order valence-electron chi connectivity index (χ4n) is 12.5. The molecule has 0 unspecified atom stereocenters. The van der Waals surface area contributed by atoms with E-state index < -0.39 is 5.41 Å². The average Bonchev–Trinajstić information content (AvgIpc) is 3.90. The smallest absolute Gasteiger partial charge is 0.0726 e. The number of fused-ring (bicyclic) bond motifs is 18. The lowest BCUT2D eigenvalue weighted by molar-refractivity contribution is 0.794. The van der Waals surface area contributed by atoms with Crippen LogP contribution < -0.4 is 4.90 Å². The van der Waals surface area contributed by atoms with E-state index >= 15 is 0 Å². The summed E-state index contributed by atoms with van der Waals surface area (Å²) in [5.74, 6) is 0. The molecule has 0 fully saturated rings. The molecule has 1 nitrogen and oxygen atoms in total. The van der Waals surface area contributed by atoms with Crippen molar-refractivity contribution in [3.05, 3.63) is 283 Å². The molecule has 13 aromatic rings.